The van der Waals surface area contributed by atoms with Crippen molar-refractivity contribution in [1.29, 1.82) is 0 Å². The zero-order valence-electron chi connectivity index (χ0n) is 10.00. The lowest BCUT2D eigenvalue weighted by Gasteiger charge is -2.20. The third-order valence-corrected chi connectivity index (χ3v) is 4.96. The summed E-state index contributed by atoms with van der Waals surface area (Å²) >= 11 is 3.48. The smallest absolute Gasteiger partial charge is 0.113 e. The molecule has 0 aliphatic heterocycles. The van der Waals surface area contributed by atoms with Crippen molar-refractivity contribution < 1.29 is 0 Å². The Morgan fingerprint density at radius 1 is 1.31 bits per heavy atom. The first-order valence-electron chi connectivity index (χ1n) is 5.24. The molecule has 0 radical (unpaired) electrons. The highest BCUT2D eigenvalue weighted by molar-refractivity contribution is 7.14. The van der Waals surface area contributed by atoms with E-state index in [4.69, 9.17) is 4.98 Å². The molecular weight excluding hydrogens is 236 g/mol. The summed E-state index contributed by atoms with van der Waals surface area (Å²) in [5, 5.41) is 8.68. The van der Waals surface area contributed by atoms with Crippen LogP contribution in [0.3, 0.4) is 0 Å². The van der Waals surface area contributed by atoms with Crippen LogP contribution < -0.4 is 5.32 Å². The van der Waals surface area contributed by atoms with Gasteiger partial charge in [-0.15, -0.1) is 22.7 Å². The van der Waals surface area contributed by atoms with Gasteiger partial charge in [0.15, 0.2) is 0 Å². The summed E-state index contributed by atoms with van der Waals surface area (Å²) in [4.78, 5) is 6.01. The van der Waals surface area contributed by atoms with Gasteiger partial charge < -0.3 is 5.32 Å². The molecule has 0 aliphatic carbocycles. The Morgan fingerprint density at radius 3 is 2.62 bits per heavy atom. The molecule has 0 atom stereocenters. The molecule has 2 aromatic heterocycles. The van der Waals surface area contributed by atoms with Crippen molar-refractivity contribution in [2.75, 3.05) is 7.05 Å². The Kier molecular flexibility index (Phi) is 3.15. The van der Waals surface area contributed by atoms with Gasteiger partial charge in [-0.3, -0.25) is 0 Å². The molecular formula is C12H16N2S2. The van der Waals surface area contributed by atoms with E-state index >= 15 is 0 Å². The Bertz CT molecular complexity index is 483. The van der Waals surface area contributed by atoms with Gasteiger partial charge in [-0.1, -0.05) is 0 Å². The molecule has 86 valence electrons. The van der Waals surface area contributed by atoms with Crippen LogP contribution in [0.5, 0.6) is 0 Å². The van der Waals surface area contributed by atoms with Gasteiger partial charge >= 0.3 is 0 Å². The minimum absolute atomic E-state index is 0.0475. The molecule has 0 aliphatic rings. The summed E-state index contributed by atoms with van der Waals surface area (Å²) < 4.78 is 0. The molecule has 0 aromatic carbocycles. The number of thiazole rings is 1. The summed E-state index contributed by atoms with van der Waals surface area (Å²) in [6.45, 7) is 6.43. The van der Waals surface area contributed by atoms with Crippen molar-refractivity contribution in [3.63, 3.8) is 0 Å². The van der Waals surface area contributed by atoms with E-state index in [0.29, 0.717) is 0 Å². The van der Waals surface area contributed by atoms with Crippen LogP contribution in [0.1, 0.15) is 24.4 Å². The number of rotatable bonds is 3. The number of nitrogens with one attached hydrogen (secondary N) is 1. The summed E-state index contributed by atoms with van der Waals surface area (Å²) in [6.07, 6.45) is 0. The van der Waals surface area contributed by atoms with Gasteiger partial charge in [-0.2, -0.15) is 0 Å². The first kappa shape index (κ1) is 11.8. The molecule has 16 heavy (non-hydrogen) atoms. The zero-order valence-corrected chi connectivity index (χ0v) is 11.6. The molecule has 2 nitrogen and oxygen atoms in total. The molecule has 0 saturated carbocycles. The minimum atomic E-state index is -0.0475. The van der Waals surface area contributed by atoms with Crippen molar-refractivity contribution in [3.8, 4) is 10.6 Å². The Labute approximate surface area is 104 Å². The van der Waals surface area contributed by atoms with E-state index in [2.05, 4.69) is 42.9 Å². The van der Waals surface area contributed by atoms with E-state index in [1.54, 1.807) is 22.7 Å². The molecule has 0 saturated heterocycles. The van der Waals surface area contributed by atoms with Crippen LogP contribution in [0.2, 0.25) is 0 Å². The lowest BCUT2D eigenvalue weighted by molar-refractivity contribution is 0.442. The van der Waals surface area contributed by atoms with Crippen LogP contribution in [-0.4, -0.2) is 12.0 Å². The Hall–Kier alpha value is -0.710. The van der Waals surface area contributed by atoms with Gasteiger partial charge in [0.25, 0.3) is 0 Å². The van der Waals surface area contributed by atoms with Gasteiger partial charge in [-0.25, -0.2) is 4.98 Å². The monoisotopic (exact) mass is 252 g/mol. The maximum absolute atomic E-state index is 4.72. The number of hydrogen-bond acceptors (Lipinski definition) is 4. The van der Waals surface area contributed by atoms with Crippen LogP contribution in [-0.2, 0) is 5.54 Å². The average molecular weight is 252 g/mol. The average Bonchev–Trinajstić information content (AvgIpc) is 2.85. The fraction of sp³-hybridized carbons (Fsp3) is 0.417. The fourth-order valence-corrected chi connectivity index (χ4v) is 3.31. The number of thiophene rings is 1. The maximum Gasteiger partial charge on any atom is 0.113 e. The van der Waals surface area contributed by atoms with Crippen LogP contribution in [0.4, 0.5) is 0 Å². The first-order valence-corrected chi connectivity index (χ1v) is 7.00. The van der Waals surface area contributed by atoms with Crippen molar-refractivity contribution in [2.45, 2.75) is 26.3 Å². The third kappa shape index (κ3) is 2.05. The summed E-state index contributed by atoms with van der Waals surface area (Å²) in [5.41, 5.74) is 2.37. The van der Waals surface area contributed by atoms with E-state index in [-0.39, 0.29) is 5.54 Å². The highest BCUT2D eigenvalue weighted by Crippen LogP contribution is 2.32. The Morgan fingerprint density at radius 2 is 2.06 bits per heavy atom. The Balaban J connectivity index is 2.37. The van der Waals surface area contributed by atoms with Gasteiger partial charge in [0.05, 0.1) is 16.1 Å². The lowest BCUT2D eigenvalue weighted by atomic mass is 10.1. The van der Waals surface area contributed by atoms with Crippen LogP contribution in [0.25, 0.3) is 10.6 Å². The van der Waals surface area contributed by atoms with Crippen LogP contribution in [0, 0.1) is 6.92 Å². The van der Waals surface area contributed by atoms with Crippen molar-refractivity contribution in [1.82, 2.24) is 10.3 Å². The molecule has 0 amide bonds. The molecule has 0 bridgehead atoms. The number of nitrogens with zero attached hydrogens (tertiary/aromatic N) is 1. The maximum atomic E-state index is 4.72. The SMILES string of the molecule is CNC(C)(C)c1nc(-c2sccc2C)cs1. The normalized spacial score (nSPS) is 12.0. The molecule has 0 spiro atoms. The van der Waals surface area contributed by atoms with Crippen molar-refractivity contribution in [2.24, 2.45) is 0 Å². The van der Waals surface area contributed by atoms with Crippen LogP contribution >= 0.6 is 22.7 Å². The van der Waals surface area contributed by atoms with E-state index in [1.807, 2.05) is 7.05 Å². The van der Waals surface area contributed by atoms with Gasteiger partial charge in [-0.05, 0) is 44.8 Å². The highest BCUT2D eigenvalue weighted by atomic mass is 32.1. The standard InChI is InChI=1S/C12H16N2S2/c1-8-5-6-15-10(8)9-7-16-11(14-9)12(2,3)13-4/h5-7,13H,1-4H3. The molecule has 4 heteroatoms. The summed E-state index contributed by atoms with van der Waals surface area (Å²) in [7, 11) is 1.97. The molecule has 0 unspecified atom stereocenters. The van der Waals surface area contributed by atoms with Gasteiger partial charge in [0.2, 0.25) is 0 Å². The first-order chi connectivity index (χ1) is 7.54. The fourth-order valence-electron chi connectivity index (χ4n) is 1.41. The largest absolute Gasteiger partial charge is 0.309 e. The minimum Gasteiger partial charge on any atom is -0.309 e. The zero-order chi connectivity index (χ0) is 11.8. The summed E-state index contributed by atoms with van der Waals surface area (Å²) in [6, 6.07) is 2.14. The molecule has 2 aromatic rings. The number of aryl methyl sites for hydroxylation is 1. The highest BCUT2D eigenvalue weighted by Gasteiger charge is 2.22. The molecule has 0 fully saturated rings. The molecule has 1 N–H and O–H groups in total. The second kappa shape index (κ2) is 4.28. The second-order valence-electron chi connectivity index (χ2n) is 4.35. The summed E-state index contributed by atoms with van der Waals surface area (Å²) in [5.74, 6) is 0. The van der Waals surface area contributed by atoms with Crippen molar-refractivity contribution >= 4 is 22.7 Å². The second-order valence-corrected chi connectivity index (χ2v) is 6.12. The third-order valence-electron chi connectivity index (χ3n) is 2.76. The number of hydrogen-bond donors (Lipinski definition) is 1. The van der Waals surface area contributed by atoms with Gasteiger partial charge in [0, 0.05) is 5.38 Å². The van der Waals surface area contributed by atoms with Crippen molar-refractivity contribution in [3.05, 3.63) is 27.4 Å². The van der Waals surface area contributed by atoms with E-state index < -0.39 is 0 Å². The molecule has 2 heterocycles. The van der Waals surface area contributed by atoms with Gasteiger partial charge in [0.1, 0.15) is 5.01 Å². The molecule has 2 rings (SSSR count). The van der Waals surface area contributed by atoms with E-state index in [9.17, 15) is 0 Å². The van der Waals surface area contributed by atoms with Crippen LogP contribution in [0.15, 0.2) is 16.8 Å². The predicted molar refractivity (Wildman–Crippen MR) is 72.2 cm³/mol. The topological polar surface area (TPSA) is 24.9 Å². The van der Waals surface area contributed by atoms with E-state index in [0.717, 1.165) is 10.7 Å². The lowest BCUT2D eigenvalue weighted by Crippen LogP contribution is -2.32. The van der Waals surface area contributed by atoms with E-state index in [1.165, 1.54) is 10.4 Å². The quantitative estimate of drug-likeness (QED) is 0.902. The number of aromatic nitrogens is 1. The predicted octanol–water partition coefficient (Wildman–Crippen LogP) is 3.63.